The van der Waals surface area contributed by atoms with Gasteiger partial charge in [-0.05, 0) is 57.8 Å². The number of allylic oxidation sites excluding steroid dienone is 5. The Kier molecular flexibility index (Phi) is 35.3. The lowest BCUT2D eigenvalue weighted by Gasteiger charge is -2.21. The van der Waals surface area contributed by atoms with Crippen molar-refractivity contribution in [1.82, 2.24) is 5.32 Å². The van der Waals surface area contributed by atoms with Gasteiger partial charge in [0.2, 0.25) is 5.91 Å². The zero-order valence-corrected chi connectivity index (χ0v) is 30.5. The lowest BCUT2D eigenvalue weighted by atomic mass is 10.0. The minimum atomic E-state index is -1.11. The third-order valence-electron chi connectivity index (χ3n) is 8.95. The molecule has 0 saturated heterocycles. The van der Waals surface area contributed by atoms with Crippen LogP contribution in [-0.4, -0.2) is 46.1 Å². The molecule has 0 rings (SSSR count). The summed E-state index contributed by atoms with van der Waals surface area (Å²) in [6, 6.07) is -0.814. The van der Waals surface area contributed by atoms with Gasteiger partial charge in [0.25, 0.3) is 0 Å². The molecule has 0 aromatic heterocycles. The van der Waals surface area contributed by atoms with E-state index in [2.05, 4.69) is 43.5 Å². The molecule has 0 aliphatic rings. The molecule has 0 spiro atoms. The van der Waals surface area contributed by atoms with Gasteiger partial charge < -0.3 is 20.6 Å². The van der Waals surface area contributed by atoms with Crippen LogP contribution in [0.1, 0.15) is 194 Å². The second-order valence-corrected chi connectivity index (χ2v) is 13.5. The van der Waals surface area contributed by atoms with Gasteiger partial charge in [-0.3, -0.25) is 4.79 Å². The Morgan fingerprint density at radius 2 is 0.891 bits per heavy atom. The molecule has 4 N–H and O–H groups in total. The normalized spacial score (nSPS) is 14.1. The highest BCUT2D eigenvalue weighted by molar-refractivity contribution is 5.80. The number of carbonyl (C=O) groups is 1. The maximum absolute atomic E-state index is 12.4. The molecule has 5 nitrogen and oxygen atoms in total. The van der Waals surface area contributed by atoms with Gasteiger partial charge >= 0.3 is 0 Å². The van der Waals surface area contributed by atoms with E-state index in [1.54, 1.807) is 6.08 Å². The standard InChI is InChI=1S/C41H77NO4/c1-3-5-7-9-11-13-15-16-17-18-19-20-21-22-23-24-26-28-30-32-34-36-40(45)41(46)42-38(37-43)39(44)35-33-31-29-27-25-14-12-10-8-6-4-2/h21-22,25,27,33,35,38-40,43-45H,3-20,23-24,26,28-32,34,36-37H2,1-2H3,(H,42,46)/b22-21-,27-25+,35-33+. The number of aliphatic hydroxyl groups is 3. The van der Waals surface area contributed by atoms with E-state index in [1.807, 2.05) is 6.08 Å². The van der Waals surface area contributed by atoms with Gasteiger partial charge in [0.15, 0.2) is 0 Å². The molecular formula is C41H77NO4. The summed E-state index contributed by atoms with van der Waals surface area (Å²) in [5, 5.41) is 32.9. The van der Waals surface area contributed by atoms with Crippen molar-refractivity contribution < 1.29 is 20.1 Å². The second kappa shape index (κ2) is 36.4. The third kappa shape index (κ3) is 31.2. The molecule has 46 heavy (non-hydrogen) atoms. The lowest BCUT2D eigenvalue weighted by molar-refractivity contribution is -0.131. The Bertz CT molecular complexity index is 719. The molecule has 0 radical (unpaired) electrons. The summed E-state index contributed by atoms with van der Waals surface area (Å²) in [7, 11) is 0. The summed E-state index contributed by atoms with van der Waals surface area (Å²) in [4.78, 5) is 12.4. The third-order valence-corrected chi connectivity index (χ3v) is 8.95. The highest BCUT2D eigenvalue weighted by Gasteiger charge is 2.22. The Balaban J connectivity index is 3.71. The Hall–Kier alpha value is -1.43. The maximum atomic E-state index is 12.4. The molecule has 0 aromatic carbocycles. The molecule has 0 aromatic rings. The molecule has 0 fully saturated rings. The van der Waals surface area contributed by atoms with Crippen molar-refractivity contribution in [3.63, 3.8) is 0 Å². The first-order chi connectivity index (χ1) is 22.6. The fourth-order valence-corrected chi connectivity index (χ4v) is 5.78. The number of nitrogens with one attached hydrogen (secondary N) is 1. The zero-order chi connectivity index (χ0) is 33.8. The van der Waals surface area contributed by atoms with E-state index >= 15 is 0 Å². The molecule has 0 bridgehead atoms. The molecule has 0 heterocycles. The van der Waals surface area contributed by atoms with E-state index in [0.29, 0.717) is 6.42 Å². The molecule has 270 valence electrons. The van der Waals surface area contributed by atoms with E-state index in [1.165, 1.54) is 135 Å². The van der Waals surface area contributed by atoms with Gasteiger partial charge in [-0.1, -0.05) is 172 Å². The molecular weight excluding hydrogens is 570 g/mol. The number of unbranched alkanes of at least 4 members (excludes halogenated alkanes) is 23. The number of amides is 1. The van der Waals surface area contributed by atoms with E-state index in [-0.39, 0.29) is 6.61 Å². The number of rotatable bonds is 35. The number of hydrogen-bond acceptors (Lipinski definition) is 4. The largest absolute Gasteiger partial charge is 0.394 e. The number of aliphatic hydroxyl groups excluding tert-OH is 3. The van der Waals surface area contributed by atoms with E-state index in [4.69, 9.17) is 0 Å². The smallest absolute Gasteiger partial charge is 0.249 e. The van der Waals surface area contributed by atoms with Crippen LogP contribution in [0, 0.1) is 0 Å². The van der Waals surface area contributed by atoms with Crippen molar-refractivity contribution in [2.75, 3.05) is 6.61 Å². The van der Waals surface area contributed by atoms with Crippen molar-refractivity contribution >= 4 is 5.91 Å². The summed E-state index contributed by atoms with van der Waals surface area (Å²) in [6.45, 7) is 4.13. The summed E-state index contributed by atoms with van der Waals surface area (Å²) in [5.41, 5.74) is 0. The van der Waals surface area contributed by atoms with Crippen molar-refractivity contribution in [1.29, 1.82) is 0 Å². The summed E-state index contributed by atoms with van der Waals surface area (Å²) < 4.78 is 0. The second-order valence-electron chi connectivity index (χ2n) is 13.5. The van der Waals surface area contributed by atoms with Crippen LogP contribution in [0.25, 0.3) is 0 Å². The van der Waals surface area contributed by atoms with Crippen LogP contribution in [0.2, 0.25) is 0 Å². The fraction of sp³-hybridized carbons (Fsp3) is 0.829. The van der Waals surface area contributed by atoms with E-state index in [0.717, 1.165) is 38.5 Å². The van der Waals surface area contributed by atoms with Crippen LogP contribution in [0.5, 0.6) is 0 Å². The topological polar surface area (TPSA) is 89.8 Å². The van der Waals surface area contributed by atoms with E-state index < -0.39 is 24.2 Å². The van der Waals surface area contributed by atoms with Crippen molar-refractivity contribution in [3.8, 4) is 0 Å². The van der Waals surface area contributed by atoms with Crippen LogP contribution in [-0.2, 0) is 4.79 Å². The molecule has 0 aliphatic heterocycles. The summed E-state index contributed by atoms with van der Waals surface area (Å²) in [5.74, 6) is -0.520. The maximum Gasteiger partial charge on any atom is 0.249 e. The van der Waals surface area contributed by atoms with Crippen molar-refractivity contribution in [2.24, 2.45) is 0 Å². The van der Waals surface area contributed by atoms with Gasteiger partial charge in [-0.15, -0.1) is 0 Å². The first kappa shape index (κ1) is 44.6. The van der Waals surface area contributed by atoms with E-state index in [9.17, 15) is 20.1 Å². The van der Waals surface area contributed by atoms with Crippen LogP contribution >= 0.6 is 0 Å². The molecule has 3 unspecified atom stereocenters. The first-order valence-electron chi connectivity index (χ1n) is 19.8. The minimum absolute atomic E-state index is 0.379. The van der Waals surface area contributed by atoms with Crippen molar-refractivity contribution in [2.45, 2.75) is 212 Å². The SMILES string of the molecule is CCCCCCC/C=C/CC/C=C/C(O)C(CO)NC(=O)C(O)CCCCCCCC/C=C\CCCCCCCCCCCCC. The van der Waals surface area contributed by atoms with Gasteiger partial charge in [0.05, 0.1) is 18.8 Å². The predicted molar refractivity (Wildman–Crippen MR) is 199 cm³/mol. The molecule has 3 atom stereocenters. The Morgan fingerprint density at radius 1 is 0.522 bits per heavy atom. The predicted octanol–water partition coefficient (Wildman–Crippen LogP) is 10.8. The van der Waals surface area contributed by atoms with Crippen LogP contribution in [0.4, 0.5) is 0 Å². The highest BCUT2D eigenvalue weighted by Crippen LogP contribution is 2.14. The lowest BCUT2D eigenvalue weighted by Crippen LogP contribution is -2.48. The van der Waals surface area contributed by atoms with Crippen LogP contribution in [0.3, 0.4) is 0 Å². The van der Waals surface area contributed by atoms with Crippen molar-refractivity contribution in [3.05, 3.63) is 36.5 Å². The fourth-order valence-electron chi connectivity index (χ4n) is 5.78. The summed E-state index contributed by atoms with van der Waals surface area (Å²) in [6.07, 6.45) is 44.6. The van der Waals surface area contributed by atoms with Gasteiger partial charge in [-0.25, -0.2) is 0 Å². The first-order valence-corrected chi connectivity index (χ1v) is 19.8. The van der Waals surface area contributed by atoms with Crippen LogP contribution in [0.15, 0.2) is 36.5 Å². The average Bonchev–Trinajstić information content (AvgIpc) is 3.06. The summed E-state index contributed by atoms with van der Waals surface area (Å²) >= 11 is 0. The highest BCUT2D eigenvalue weighted by atomic mass is 16.3. The van der Waals surface area contributed by atoms with Gasteiger partial charge in [-0.2, -0.15) is 0 Å². The monoisotopic (exact) mass is 648 g/mol. The molecule has 0 saturated carbocycles. The quantitative estimate of drug-likeness (QED) is 0.0407. The molecule has 0 aliphatic carbocycles. The Labute approximate surface area is 285 Å². The average molecular weight is 648 g/mol. The number of carbonyl (C=O) groups excluding carboxylic acids is 1. The Morgan fingerprint density at radius 3 is 1.33 bits per heavy atom. The molecule has 1 amide bonds. The van der Waals surface area contributed by atoms with Gasteiger partial charge in [0, 0.05) is 0 Å². The molecule has 5 heteroatoms. The minimum Gasteiger partial charge on any atom is -0.394 e. The number of hydrogen-bond donors (Lipinski definition) is 4. The van der Waals surface area contributed by atoms with Gasteiger partial charge in [0.1, 0.15) is 6.10 Å². The van der Waals surface area contributed by atoms with Crippen LogP contribution < -0.4 is 5.32 Å². The zero-order valence-electron chi connectivity index (χ0n) is 30.5.